The fraction of sp³-hybridized carbons (Fsp3) is 0.458. The van der Waals surface area contributed by atoms with E-state index in [-0.39, 0.29) is 30.3 Å². The summed E-state index contributed by atoms with van der Waals surface area (Å²) in [6.07, 6.45) is 3.30. The van der Waals surface area contributed by atoms with Crippen molar-refractivity contribution in [3.05, 3.63) is 46.8 Å². The van der Waals surface area contributed by atoms with Crippen LogP contribution in [0.25, 0.3) is 0 Å². The molecule has 1 saturated heterocycles. The van der Waals surface area contributed by atoms with Crippen LogP contribution in [-0.2, 0) is 14.3 Å². The monoisotopic (exact) mass is 456 g/mol. The summed E-state index contributed by atoms with van der Waals surface area (Å²) in [6.45, 7) is 3.09. The van der Waals surface area contributed by atoms with Crippen molar-refractivity contribution >= 4 is 34.1 Å². The van der Waals surface area contributed by atoms with Crippen molar-refractivity contribution in [2.45, 2.75) is 38.5 Å². The van der Waals surface area contributed by atoms with Gasteiger partial charge < -0.3 is 19.7 Å². The summed E-state index contributed by atoms with van der Waals surface area (Å²) in [4.78, 5) is 39.6. The molecule has 0 atom stereocenters. The lowest BCUT2D eigenvalue weighted by molar-refractivity contribution is -0.136. The molecule has 0 spiro atoms. The fourth-order valence-electron chi connectivity index (χ4n) is 3.93. The van der Waals surface area contributed by atoms with Crippen LogP contribution in [0.3, 0.4) is 0 Å². The molecule has 1 aliphatic heterocycles. The van der Waals surface area contributed by atoms with Gasteiger partial charge in [-0.05, 0) is 61.6 Å². The third-order valence-electron chi connectivity index (χ3n) is 5.88. The van der Waals surface area contributed by atoms with Crippen LogP contribution in [0.1, 0.15) is 54.4 Å². The zero-order valence-electron chi connectivity index (χ0n) is 18.2. The van der Waals surface area contributed by atoms with Gasteiger partial charge >= 0.3 is 5.97 Å². The lowest BCUT2D eigenvalue weighted by Gasteiger charge is -2.31. The van der Waals surface area contributed by atoms with E-state index in [1.807, 2.05) is 35.7 Å². The molecule has 8 heteroatoms. The molecule has 4 rings (SSSR count). The first kappa shape index (κ1) is 22.3. The molecule has 0 radical (unpaired) electrons. The highest BCUT2D eigenvalue weighted by molar-refractivity contribution is 7.15. The maximum Gasteiger partial charge on any atom is 0.341 e. The third kappa shape index (κ3) is 5.30. The number of nitrogens with one attached hydrogen (secondary N) is 1. The average Bonchev–Trinajstić information content (AvgIpc) is 3.58. The molecular formula is C24H28N2O5S. The fourth-order valence-corrected chi connectivity index (χ4v) is 4.96. The van der Waals surface area contributed by atoms with E-state index < -0.39 is 0 Å². The maximum absolute atomic E-state index is 12.9. The van der Waals surface area contributed by atoms with Gasteiger partial charge in [0.2, 0.25) is 5.91 Å². The van der Waals surface area contributed by atoms with Crippen LogP contribution in [0.2, 0.25) is 0 Å². The molecule has 1 N–H and O–H groups in total. The molecule has 2 aromatic rings. The molecule has 1 aromatic heterocycles. The Hall–Kier alpha value is -2.87. The summed E-state index contributed by atoms with van der Waals surface area (Å²) in [7, 11) is 0. The molecule has 7 nitrogen and oxygen atoms in total. The van der Waals surface area contributed by atoms with Gasteiger partial charge in [0, 0.05) is 19.0 Å². The van der Waals surface area contributed by atoms with Gasteiger partial charge in [0.25, 0.3) is 5.91 Å². The SMILES string of the molecule is CCOC(=O)c1c(C2CC2)csc1NC(=O)C1CCN(C(=O)COc2ccccc2)CC1. The molecule has 32 heavy (non-hydrogen) atoms. The van der Waals surface area contributed by atoms with Gasteiger partial charge in [0.15, 0.2) is 6.61 Å². The first-order valence-corrected chi connectivity index (χ1v) is 12.0. The molecular weight excluding hydrogens is 428 g/mol. The van der Waals surface area contributed by atoms with Crippen LogP contribution in [-0.4, -0.2) is 49.0 Å². The number of rotatable bonds is 8. The quantitative estimate of drug-likeness (QED) is 0.606. The highest BCUT2D eigenvalue weighted by atomic mass is 32.1. The molecule has 2 aliphatic rings. The van der Waals surface area contributed by atoms with E-state index >= 15 is 0 Å². The van der Waals surface area contributed by atoms with Crippen molar-refractivity contribution in [1.29, 1.82) is 0 Å². The average molecular weight is 457 g/mol. The molecule has 2 amide bonds. The normalized spacial score (nSPS) is 16.5. The lowest BCUT2D eigenvalue weighted by Crippen LogP contribution is -2.43. The van der Waals surface area contributed by atoms with Crippen LogP contribution in [0.15, 0.2) is 35.7 Å². The molecule has 170 valence electrons. The van der Waals surface area contributed by atoms with Crippen molar-refractivity contribution in [2.75, 3.05) is 31.6 Å². The zero-order chi connectivity index (χ0) is 22.5. The molecule has 0 bridgehead atoms. The predicted molar refractivity (Wildman–Crippen MR) is 122 cm³/mol. The summed E-state index contributed by atoms with van der Waals surface area (Å²) < 4.78 is 10.8. The van der Waals surface area contributed by atoms with Crippen LogP contribution in [0.4, 0.5) is 5.00 Å². The van der Waals surface area contributed by atoms with E-state index in [0.29, 0.717) is 54.8 Å². The van der Waals surface area contributed by atoms with Crippen molar-refractivity contribution < 1.29 is 23.9 Å². The van der Waals surface area contributed by atoms with Gasteiger partial charge in [-0.3, -0.25) is 9.59 Å². The summed E-state index contributed by atoms with van der Waals surface area (Å²) >= 11 is 1.39. The van der Waals surface area contributed by atoms with Gasteiger partial charge in [-0.1, -0.05) is 18.2 Å². The predicted octanol–water partition coefficient (Wildman–Crippen LogP) is 4.06. The van der Waals surface area contributed by atoms with E-state index in [1.54, 1.807) is 11.8 Å². The van der Waals surface area contributed by atoms with Crippen molar-refractivity contribution in [2.24, 2.45) is 5.92 Å². The molecule has 2 heterocycles. The smallest absolute Gasteiger partial charge is 0.341 e. The Kier molecular flexibility index (Phi) is 7.09. The summed E-state index contributed by atoms with van der Waals surface area (Å²) in [6, 6.07) is 9.24. The minimum atomic E-state index is -0.371. The van der Waals surface area contributed by atoms with E-state index in [4.69, 9.17) is 9.47 Å². The minimum absolute atomic E-state index is 0.0110. The van der Waals surface area contributed by atoms with Crippen molar-refractivity contribution in [3.63, 3.8) is 0 Å². The number of hydrogen-bond acceptors (Lipinski definition) is 6. The van der Waals surface area contributed by atoms with Gasteiger partial charge in [-0.15, -0.1) is 11.3 Å². The van der Waals surface area contributed by atoms with E-state index in [2.05, 4.69) is 5.32 Å². The van der Waals surface area contributed by atoms with Crippen molar-refractivity contribution in [3.8, 4) is 5.75 Å². The van der Waals surface area contributed by atoms with E-state index in [0.717, 1.165) is 18.4 Å². The molecule has 1 aromatic carbocycles. The Bertz CT molecular complexity index is 962. The standard InChI is InChI=1S/C24H28N2O5S/c1-2-30-24(29)21-19(16-8-9-16)15-32-23(21)25-22(28)17-10-12-26(13-11-17)20(27)14-31-18-6-4-3-5-7-18/h3-7,15-17H,2,8-14H2,1H3,(H,25,28). The summed E-state index contributed by atoms with van der Waals surface area (Å²) in [5.41, 5.74) is 1.50. The van der Waals surface area contributed by atoms with Gasteiger partial charge in [0.1, 0.15) is 10.8 Å². The van der Waals surface area contributed by atoms with Crippen LogP contribution in [0, 0.1) is 5.92 Å². The second-order valence-corrected chi connectivity index (χ2v) is 9.02. The number of piperidine rings is 1. The molecule has 1 aliphatic carbocycles. The Labute approximate surface area is 191 Å². The number of amides is 2. The first-order chi connectivity index (χ1) is 15.6. The number of benzene rings is 1. The Morgan fingerprint density at radius 2 is 1.81 bits per heavy atom. The Balaban J connectivity index is 1.30. The third-order valence-corrected chi connectivity index (χ3v) is 6.79. The summed E-state index contributed by atoms with van der Waals surface area (Å²) in [5.74, 6) is 0.301. The number of likely N-dealkylation sites (tertiary alicyclic amines) is 1. The number of esters is 1. The van der Waals surface area contributed by atoms with Crippen LogP contribution < -0.4 is 10.1 Å². The second-order valence-electron chi connectivity index (χ2n) is 8.14. The van der Waals surface area contributed by atoms with E-state index in [1.165, 1.54) is 11.3 Å². The van der Waals surface area contributed by atoms with Crippen LogP contribution >= 0.6 is 11.3 Å². The maximum atomic E-state index is 12.9. The highest BCUT2D eigenvalue weighted by Crippen LogP contribution is 2.46. The number of thiophene rings is 1. The number of para-hydroxylation sites is 1. The van der Waals surface area contributed by atoms with Crippen molar-refractivity contribution in [1.82, 2.24) is 4.90 Å². The van der Waals surface area contributed by atoms with Gasteiger partial charge in [-0.2, -0.15) is 0 Å². The zero-order valence-corrected chi connectivity index (χ0v) is 19.0. The molecule has 0 unspecified atom stereocenters. The lowest BCUT2D eigenvalue weighted by atomic mass is 9.96. The Morgan fingerprint density at radius 3 is 2.47 bits per heavy atom. The topological polar surface area (TPSA) is 84.9 Å². The van der Waals surface area contributed by atoms with E-state index in [9.17, 15) is 14.4 Å². The highest BCUT2D eigenvalue weighted by Gasteiger charge is 2.34. The number of nitrogens with zero attached hydrogens (tertiary/aromatic N) is 1. The minimum Gasteiger partial charge on any atom is -0.484 e. The first-order valence-electron chi connectivity index (χ1n) is 11.1. The second kappa shape index (κ2) is 10.2. The van der Waals surface area contributed by atoms with Crippen LogP contribution in [0.5, 0.6) is 5.75 Å². The van der Waals surface area contributed by atoms with Gasteiger partial charge in [-0.25, -0.2) is 4.79 Å². The summed E-state index contributed by atoms with van der Waals surface area (Å²) in [5, 5.41) is 5.50. The number of carbonyl (C=O) groups is 3. The van der Waals surface area contributed by atoms with Gasteiger partial charge in [0.05, 0.1) is 12.2 Å². The largest absolute Gasteiger partial charge is 0.484 e. The number of carbonyl (C=O) groups excluding carboxylic acids is 3. The molecule has 1 saturated carbocycles. The Morgan fingerprint density at radius 1 is 1.09 bits per heavy atom. The number of anilines is 1. The molecule has 2 fully saturated rings. The number of hydrogen-bond donors (Lipinski definition) is 1. The number of ether oxygens (including phenoxy) is 2.